The van der Waals surface area contributed by atoms with Crippen LogP contribution in [0.1, 0.15) is 59.3 Å². The molecular weight excluding hydrogens is 440 g/mol. The molecule has 0 radical (unpaired) electrons. The third-order valence-electron chi connectivity index (χ3n) is 9.34. The second-order valence-electron chi connectivity index (χ2n) is 11.1. The van der Waals surface area contributed by atoms with Crippen molar-refractivity contribution < 1.29 is 39.2 Å². The van der Waals surface area contributed by atoms with E-state index < -0.39 is 46.9 Å². The first-order valence-corrected chi connectivity index (χ1v) is 12.1. The average molecular weight is 475 g/mol. The molecule has 8 nitrogen and oxygen atoms in total. The van der Waals surface area contributed by atoms with E-state index in [0.29, 0.717) is 6.42 Å². The quantitative estimate of drug-likeness (QED) is 0.498. The highest BCUT2D eigenvalue weighted by molar-refractivity contribution is 6.01. The normalized spacial score (nSPS) is 42.8. The van der Waals surface area contributed by atoms with E-state index in [4.69, 9.17) is 9.84 Å². The molecule has 0 spiro atoms. The Bertz CT molecular complexity index is 981. The Morgan fingerprint density at radius 3 is 2.59 bits per heavy atom. The second kappa shape index (κ2) is 8.41. The van der Waals surface area contributed by atoms with Crippen molar-refractivity contribution in [1.29, 1.82) is 0 Å². The number of Topliss-reactive ketones (excluding diaryl/α,β-unsaturated/α-hetero) is 1. The van der Waals surface area contributed by atoms with Crippen molar-refractivity contribution in [3.8, 4) is 0 Å². The van der Waals surface area contributed by atoms with Crippen molar-refractivity contribution in [1.82, 2.24) is 0 Å². The largest absolute Gasteiger partial charge is 0.481 e. The first-order valence-electron chi connectivity index (χ1n) is 12.1. The van der Waals surface area contributed by atoms with E-state index >= 15 is 0 Å². The molecule has 0 aromatic carbocycles. The predicted molar refractivity (Wildman–Crippen MR) is 120 cm³/mol. The van der Waals surface area contributed by atoms with E-state index in [1.54, 1.807) is 12.2 Å². The lowest BCUT2D eigenvalue weighted by molar-refractivity contribution is -0.182. The lowest BCUT2D eigenvalue weighted by Gasteiger charge is -2.60. The summed E-state index contributed by atoms with van der Waals surface area (Å²) in [6, 6.07) is 0. The molecule has 4 aliphatic rings. The topological polar surface area (TPSA) is 138 Å². The molecule has 0 bridgehead atoms. The molecule has 8 atom stereocenters. The van der Waals surface area contributed by atoms with Gasteiger partial charge in [0.15, 0.2) is 12.4 Å². The monoisotopic (exact) mass is 474 g/mol. The number of allylic oxidation sites excluding steroid dienone is 4. The first-order chi connectivity index (χ1) is 15.8. The molecule has 0 amide bonds. The number of hydrogen-bond donors (Lipinski definition) is 3. The molecule has 0 aliphatic heterocycles. The van der Waals surface area contributed by atoms with E-state index in [1.165, 1.54) is 0 Å². The molecule has 3 fully saturated rings. The number of carboxylic acid groups (broad SMARTS) is 1. The number of carboxylic acids is 1. The maximum Gasteiger partial charge on any atom is 0.306 e. The van der Waals surface area contributed by atoms with Crippen LogP contribution in [0, 0.1) is 34.5 Å². The van der Waals surface area contributed by atoms with Crippen LogP contribution in [-0.2, 0) is 23.9 Å². The van der Waals surface area contributed by atoms with Gasteiger partial charge in [-0.3, -0.25) is 19.2 Å². The van der Waals surface area contributed by atoms with Crippen molar-refractivity contribution in [2.24, 2.45) is 34.5 Å². The summed E-state index contributed by atoms with van der Waals surface area (Å²) in [7, 11) is 0. The first kappa shape index (κ1) is 24.8. The van der Waals surface area contributed by atoms with Gasteiger partial charge in [-0.1, -0.05) is 32.4 Å². The maximum atomic E-state index is 13.1. The average Bonchev–Trinajstić information content (AvgIpc) is 3.03. The molecule has 0 saturated heterocycles. The summed E-state index contributed by atoms with van der Waals surface area (Å²) in [5.74, 6) is -2.51. The van der Waals surface area contributed by atoms with Gasteiger partial charge in [0.05, 0.1) is 18.9 Å². The minimum atomic E-state index is -1.74. The SMILES string of the molecule is CC1C[C@@H]2[C@H]([C@@H](O)C[C@@]3(C)[C@H]2CC[C@]3(O)C(=O)COC(=O)CCC(=O)O)[C@@]2(C)C=CC(=O)C=C12. The van der Waals surface area contributed by atoms with Gasteiger partial charge in [0.1, 0.15) is 5.60 Å². The Morgan fingerprint density at radius 1 is 1.21 bits per heavy atom. The summed E-state index contributed by atoms with van der Waals surface area (Å²) in [6.45, 7) is 5.40. The van der Waals surface area contributed by atoms with Crippen molar-refractivity contribution in [3.63, 3.8) is 0 Å². The summed E-state index contributed by atoms with van der Waals surface area (Å²) in [4.78, 5) is 47.7. The highest BCUT2D eigenvalue weighted by Crippen LogP contribution is 2.67. The van der Waals surface area contributed by atoms with E-state index in [0.717, 1.165) is 12.0 Å². The van der Waals surface area contributed by atoms with Crippen LogP contribution < -0.4 is 0 Å². The van der Waals surface area contributed by atoms with E-state index in [1.807, 2.05) is 13.0 Å². The molecule has 3 saturated carbocycles. The highest BCUT2D eigenvalue weighted by Gasteiger charge is 2.68. The number of ether oxygens (including phenoxy) is 1. The molecule has 4 aliphatic carbocycles. The molecule has 0 aromatic heterocycles. The van der Waals surface area contributed by atoms with Gasteiger partial charge in [-0.15, -0.1) is 0 Å². The fraction of sp³-hybridized carbons (Fsp3) is 0.692. The molecule has 1 unspecified atom stereocenters. The van der Waals surface area contributed by atoms with Gasteiger partial charge in [0.2, 0.25) is 5.78 Å². The van der Waals surface area contributed by atoms with Crippen LogP contribution in [0.3, 0.4) is 0 Å². The number of carbonyl (C=O) groups excluding carboxylic acids is 3. The Kier molecular flexibility index (Phi) is 6.13. The zero-order chi connectivity index (χ0) is 25.1. The van der Waals surface area contributed by atoms with Crippen molar-refractivity contribution in [2.75, 3.05) is 6.61 Å². The van der Waals surface area contributed by atoms with Gasteiger partial charge >= 0.3 is 11.9 Å². The number of aliphatic hydroxyl groups is 2. The van der Waals surface area contributed by atoms with Crippen molar-refractivity contribution >= 4 is 23.5 Å². The lowest BCUT2D eigenvalue weighted by Crippen LogP contribution is -2.62. The third-order valence-corrected chi connectivity index (χ3v) is 9.34. The maximum absolute atomic E-state index is 13.1. The highest BCUT2D eigenvalue weighted by atomic mass is 16.5. The fourth-order valence-corrected chi connectivity index (χ4v) is 7.76. The Hall–Kier alpha value is -2.32. The zero-order valence-electron chi connectivity index (χ0n) is 20.0. The smallest absolute Gasteiger partial charge is 0.306 e. The summed E-state index contributed by atoms with van der Waals surface area (Å²) >= 11 is 0. The van der Waals surface area contributed by atoms with Crippen LogP contribution in [0.4, 0.5) is 0 Å². The molecule has 186 valence electrons. The molecule has 34 heavy (non-hydrogen) atoms. The summed E-state index contributed by atoms with van der Waals surface area (Å²) in [6.07, 6.45) is 5.52. The van der Waals surface area contributed by atoms with Gasteiger partial charge < -0.3 is 20.1 Å². The Labute approximate surface area is 199 Å². The zero-order valence-corrected chi connectivity index (χ0v) is 20.0. The van der Waals surface area contributed by atoms with Crippen molar-refractivity contribution in [2.45, 2.75) is 71.0 Å². The summed E-state index contributed by atoms with van der Waals surface area (Å²) in [5.41, 5.74) is -2.04. The summed E-state index contributed by atoms with van der Waals surface area (Å²) < 4.78 is 4.98. The van der Waals surface area contributed by atoms with Crippen LogP contribution in [0.25, 0.3) is 0 Å². The van der Waals surface area contributed by atoms with Crippen LogP contribution in [0.15, 0.2) is 23.8 Å². The minimum absolute atomic E-state index is 0.00980. The standard InChI is InChI=1S/C26H34O8/c1-14-10-16-17-7-9-26(33,20(29)13-34-22(32)5-4-21(30)31)25(17,3)12-19(28)23(16)24(2)8-6-15(27)11-18(14)24/h6,8,11,14,16-17,19,23,28,33H,4-5,7,9-10,12-13H2,1-3H3,(H,30,31)/t14?,16-,17-,19-,23+,24-,25-,26-/m0/s1. The minimum Gasteiger partial charge on any atom is -0.481 e. The van der Waals surface area contributed by atoms with Gasteiger partial charge in [-0.05, 0) is 55.6 Å². The fourth-order valence-electron chi connectivity index (χ4n) is 7.76. The van der Waals surface area contributed by atoms with Crippen molar-refractivity contribution in [3.05, 3.63) is 23.8 Å². The number of fused-ring (bicyclic) bond motifs is 5. The lowest BCUT2D eigenvalue weighted by atomic mass is 9.45. The van der Waals surface area contributed by atoms with E-state index in [2.05, 4.69) is 13.8 Å². The molecule has 4 rings (SSSR count). The number of rotatable bonds is 6. The number of hydrogen-bond acceptors (Lipinski definition) is 7. The Morgan fingerprint density at radius 2 is 1.91 bits per heavy atom. The van der Waals surface area contributed by atoms with Gasteiger partial charge in [0, 0.05) is 16.7 Å². The predicted octanol–water partition coefficient (Wildman–Crippen LogP) is 2.22. The van der Waals surface area contributed by atoms with Crippen LogP contribution in [0.2, 0.25) is 0 Å². The molecule has 8 heteroatoms. The van der Waals surface area contributed by atoms with E-state index in [-0.39, 0.29) is 55.1 Å². The number of esters is 1. The number of ketones is 2. The van der Waals surface area contributed by atoms with Gasteiger partial charge in [-0.25, -0.2) is 0 Å². The molecule has 0 aromatic rings. The number of aliphatic hydroxyl groups excluding tert-OH is 1. The van der Waals surface area contributed by atoms with Crippen LogP contribution >= 0.6 is 0 Å². The van der Waals surface area contributed by atoms with Gasteiger partial charge in [0.25, 0.3) is 0 Å². The molecular formula is C26H34O8. The van der Waals surface area contributed by atoms with Crippen LogP contribution in [-0.4, -0.2) is 57.1 Å². The summed E-state index contributed by atoms with van der Waals surface area (Å²) in [5, 5.41) is 31.7. The van der Waals surface area contributed by atoms with Gasteiger partial charge in [-0.2, -0.15) is 0 Å². The Balaban J connectivity index is 1.56. The van der Waals surface area contributed by atoms with E-state index in [9.17, 15) is 29.4 Å². The molecule has 0 heterocycles. The molecule has 3 N–H and O–H groups in total. The second-order valence-corrected chi connectivity index (χ2v) is 11.1. The van der Waals surface area contributed by atoms with Crippen LogP contribution in [0.5, 0.6) is 0 Å². The number of aliphatic carboxylic acids is 1. The third kappa shape index (κ3) is 3.66. The number of carbonyl (C=O) groups is 4.